The van der Waals surface area contributed by atoms with Gasteiger partial charge in [-0.2, -0.15) is 0 Å². The van der Waals surface area contributed by atoms with E-state index < -0.39 is 0 Å². The molecule has 1 amide bonds. The fourth-order valence-corrected chi connectivity index (χ4v) is 2.82. The van der Waals surface area contributed by atoms with Gasteiger partial charge in [0.05, 0.1) is 16.3 Å². The average Bonchev–Trinajstić information content (AvgIpc) is 2.86. The highest BCUT2D eigenvalue weighted by Gasteiger charge is 2.14. The van der Waals surface area contributed by atoms with Crippen molar-refractivity contribution in [3.05, 3.63) is 44.9 Å². The summed E-state index contributed by atoms with van der Waals surface area (Å²) in [5.74, 6) is -0.301. The molecule has 2 aromatic rings. The fourth-order valence-electron chi connectivity index (χ4n) is 1.53. The zero-order valence-corrected chi connectivity index (χ0v) is 13.2. The molecule has 2 N–H and O–H groups in total. The van der Waals surface area contributed by atoms with Crippen LogP contribution >= 0.6 is 34.5 Å². The van der Waals surface area contributed by atoms with Crippen LogP contribution in [-0.2, 0) is 0 Å². The van der Waals surface area contributed by atoms with Gasteiger partial charge in [-0.1, -0.05) is 23.2 Å². The van der Waals surface area contributed by atoms with E-state index in [1.54, 1.807) is 12.1 Å². The summed E-state index contributed by atoms with van der Waals surface area (Å²) in [5, 5.41) is 9.07. The molecule has 0 aliphatic carbocycles. The van der Waals surface area contributed by atoms with Crippen LogP contribution in [0.2, 0.25) is 10.0 Å². The van der Waals surface area contributed by atoms with Crippen molar-refractivity contribution < 1.29 is 4.79 Å². The van der Waals surface area contributed by atoms with Crippen LogP contribution in [0.25, 0.3) is 0 Å². The van der Waals surface area contributed by atoms with E-state index in [1.165, 1.54) is 17.4 Å². The Labute approximate surface area is 131 Å². The number of carbonyl (C=O) groups is 1. The largest absolute Gasteiger partial charge is 0.312 e. The number of benzene rings is 1. The molecule has 1 aromatic heterocycles. The first-order chi connectivity index (χ1) is 9.51. The highest BCUT2D eigenvalue weighted by Crippen LogP contribution is 2.24. The second-order valence-corrected chi connectivity index (χ2v) is 5.87. The first kappa shape index (κ1) is 15.3. The van der Waals surface area contributed by atoms with Gasteiger partial charge in [-0.15, -0.1) is 11.3 Å². The molecular weight excluding hydrogens is 317 g/mol. The summed E-state index contributed by atoms with van der Waals surface area (Å²) in [6.07, 6.45) is 0. The predicted octanol–water partition coefficient (Wildman–Crippen LogP) is 3.98. The number of anilines is 1. The molecule has 1 unspecified atom stereocenters. The first-order valence-electron chi connectivity index (χ1n) is 5.90. The highest BCUT2D eigenvalue weighted by molar-refractivity contribution is 7.14. The Morgan fingerprint density at radius 2 is 2.15 bits per heavy atom. The van der Waals surface area contributed by atoms with Gasteiger partial charge in [0.25, 0.3) is 5.91 Å². The van der Waals surface area contributed by atoms with Gasteiger partial charge in [-0.25, -0.2) is 4.98 Å². The van der Waals surface area contributed by atoms with Gasteiger partial charge in [0.2, 0.25) is 0 Å². The quantitative estimate of drug-likeness (QED) is 0.891. The molecule has 2 rings (SSSR count). The monoisotopic (exact) mass is 329 g/mol. The standard InChI is InChI=1S/C13H13Cl2N3OS/c1-7(16-2)11-6-20-13(17-11)18-12(19)9-4-3-8(14)5-10(9)15/h3-7,16H,1-2H3,(H,17,18,19). The second kappa shape index (κ2) is 6.54. The van der Waals surface area contributed by atoms with Crippen molar-refractivity contribution in [2.45, 2.75) is 13.0 Å². The van der Waals surface area contributed by atoms with E-state index in [0.717, 1.165) is 5.69 Å². The SMILES string of the molecule is CNC(C)c1csc(NC(=O)c2ccc(Cl)cc2Cl)n1. The molecular formula is C13H13Cl2N3OS. The zero-order valence-electron chi connectivity index (χ0n) is 10.9. The van der Waals surface area contributed by atoms with E-state index in [2.05, 4.69) is 15.6 Å². The maximum absolute atomic E-state index is 12.1. The topological polar surface area (TPSA) is 54.0 Å². The molecule has 0 saturated carbocycles. The first-order valence-corrected chi connectivity index (χ1v) is 7.54. The fraction of sp³-hybridized carbons (Fsp3) is 0.231. The number of carbonyl (C=O) groups excluding carboxylic acids is 1. The third-order valence-corrected chi connectivity index (χ3v) is 4.12. The van der Waals surface area contributed by atoms with Crippen LogP contribution in [0.4, 0.5) is 5.13 Å². The van der Waals surface area contributed by atoms with Crippen molar-refractivity contribution in [3.8, 4) is 0 Å². The Balaban J connectivity index is 2.13. The van der Waals surface area contributed by atoms with Gasteiger partial charge in [0.15, 0.2) is 5.13 Å². The van der Waals surface area contributed by atoms with Crippen LogP contribution in [-0.4, -0.2) is 17.9 Å². The molecule has 0 bridgehead atoms. The average molecular weight is 330 g/mol. The predicted molar refractivity (Wildman–Crippen MR) is 84.0 cm³/mol. The summed E-state index contributed by atoms with van der Waals surface area (Å²) in [4.78, 5) is 16.5. The summed E-state index contributed by atoms with van der Waals surface area (Å²) in [5.41, 5.74) is 1.25. The normalized spacial score (nSPS) is 12.2. The van der Waals surface area contributed by atoms with E-state index in [-0.39, 0.29) is 11.9 Å². The second-order valence-electron chi connectivity index (χ2n) is 4.17. The number of hydrogen-bond donors (Lipinski definition) is 2. The number of amides is 1. The minimum absolute atomic E-state index is 0.135. The summed E-state index contributed by atoms with van der Waals surface area (Å²) in [6, 6.07) is 4.88. The van der Waals surface area contributed by atoms with Crippen molar-refractivity contribution in [2.24, 2.45) is 0 Å². The molecule has 1 atom stereocenters. The lowest BCUT2D eigenvalue weighted by Crippen LogP contribution is -2.14. The Hall–Kier alpha value is -1.14. The number of thiazole rings is 1. The number of aromatic nitrogens is 1. The molecule has 0 aliphatic heterocycles. The van der Waals surface area contributed by atoms with E-state index in [9.17, 15) is 4.79 Å². The molecule has 0 spiro atoms. The molecule has 0 aliphatic rings. The minimum Gasteiger partial charge on any atom is -0.312 e. The Bertz CT molecular complexity index is 630. The zero-order chi connectivity index (χ0) is 14.7. The van der Waals surface area contributed by atoms with Crippen LogP contribution in [0, 0.1) is 0 Å². The number of rotatable bonds is 4. The number of nitrogens with one attached hydrogen (secondary N) is 2. The Kier molecular flexibility index (Phi) is 4.99. The smallest absolute Gasteiger partial charge is 0.258 e. The van der Waals surface area contributed by atoms with Gasteiger partial charge in [-0.3, -0.25) is 10.1 Å². The number of nitrogens with zero attached hydrogens (tertiary/aromatic N) is 1. The Morgan fingerprint density at radius 1 is 1.40 bits per heavy atom. The maximum Gasteiger partial charge on any atom is 0.258 e. The van der Waals surface area contributed by atoms with Crippen LogP contribution in [0.5, 0.6) is 0 Å². The van der Waals surface area contributed by atoms with Crippen LogP contribution in [0.1, 0.15) is 29.0 Å². The van der Waals surface area contributed by atoms with Gasteiger partial charge >= 0.3 is 0 Å². The van der Waals surface area contributed by atoms with Crippen LogP contribution in [0.15, 0.2) is 23.6 Å². The van der Waals surface area contributed by atoms with Crippen LogP contribution < -0.4 is 10.6 Å². The van der Waals surface area contributed by atoms with Crippen molar-refractivity contribution in [3.63, 3.8) is 0 Å². The third kappa shape index (κ3) is 3.49. The molecule has 7 heteroatoms. The third-order valence-electron chi connectivity index (χ3n) is 2.79. The van der Waals surface area contributed by atoms with Gasteiger partial charge in [0, 0.05) is 16.4 Å². The lowest BCUT2D eigenvalue weighted by molar-refractivity contribution is 0.102. The van der Waals surface area contributed by atoms with Gasteiger partial charge in [-0.05, 0) is 32.2 Å². The van der Waals surface area contributed by atoms with Crippen molar-refractivity contribution in [1.29, 1.82) is 0 Å². The van der Waals surface area contributed by atoms with Crippen LogP contribution in [0.3, 0.4) is 0 Å². The minimum atomic E-state index is -0.301. The van der Waals surface area contributed by atoms with Crippen molar-refractivity contribution in [1.82, 2.24) is 10.3 Å². The number of halogens is 2. The summed E-state index contributed by atoms with van der Waals surface area (Å²) >= 11 is 13.2. The molecule has 4 nitrogen and oxygen atoms in total. The molecule has 0 fully saturated rings. The van der Waals surface area contributed by atoms with E-state index in [0.29, 0.717) is 20.7 Å². The summed E-state index contributed by atoms with van der Waals surface area (Å²) < 4.78 is 0. The Morgan fingerprint density at radius 3 is 2.80 bits per heavy atom. The van der Waals surface area contributed by atoms with Crippen molar-refractivity contribution >= 4 is 45.6 Å². The van der Waals surface area contributed by atoms with Crippen molar-refractivity contribution in [2.75, 3.05) is 12.4 Å². The molecule has 20 heavy (non-hydrogen) atoms. The highest BCUT2D eigenvalue weighted by atomic mass is 35.5. The molecule has 1 heterocycles. The lowest BCUT2D eigenvalue weighted by Gasteiger charge is -2.06. The van der Waals surface area contributed by atoms with E-state index in [4.69, 9.17) is 23.2 Å². The van der Waals surface area contributed by atoms with E-state index >= 15 is 0 Å². The molecule has 1 aromatic carbocycles. The number of hydrogen-bond acceptors (Lipinski definition) is 4. The van der Waals surface area contributed by atoms with Gasteiger partial charge < -0.3 is 5.32 Å². The van der Waals surface area contributed by atoms with E-state index in [1.807, 2.05) is 19.4 Å². The maximum atomic E-state index is 12.1. The molecule has 106 valence electrons. The molecule has 0 radical (unpaired) electrons. The summed E-state index contributed by atoms with van der Waals surface area (Å²) in [6.45, 7) is 2.00. The lowest BCUT2D eigenvalue weighted by atomic mass is 10.2. The van der Waals surface area contributed by atoms with Gasteiger partial charge in [0.1, 0.15) is 0 Å². The molecule has 0 saturated heterocycles. The summed E-state index contributed by atoms with van der Waals surface area (Å²) in [7, 11) is 1.86.